The van der Waals surface area contributed by atoms with E-state index < -0.39 is 5.97 Å². The third-order valence-corrected chi connectivity index (χ3v) is 2.22. The van der Waals surface area contributed by atoms with Gasteiger partial charge in [-0.2, -0.15) is 0 Å². The van der Waals surface area contributed by atoms with Gasteiger partial charge in [0.15, 0.2) is 11.5 Å². The molecule has 0 amide bonds. The van der Waals surface area contributed by atoms with E-state index in [9.17, 15) is 4.79 Å². The van der Waals surface area contributed by atoms with E-state index in [1.165, 1.54) is 6.20 Å². The van der Waals surface area contributed by atoms with Crippen molar-refractivity contribution in [2.75, 3.05) is 0 Å². The normalized spacial score (nSPS) is 10.4. The Labute approximate surface area is 91.6 Å². The molecule has 0 radical (unpaired) electrons. The second kappa shape index (κ2) is 3.73. The van der Waals surface area contributed by atoms with Crippen molar-refractivity contribution in [3.8, 4) is 11.5 Å². The minimum atomic E-state index is -1.05. The van der Waals surface area contributed by atoms with Crippen molar-refractivity contribution in [1.82, 2.24) is 19.5 Å². The molecule has 2 aromatic rings. The zero-order valence-corrected chi connectivity index (χ0v) is 8.88. The lowest BCUT2D eigenvalue weighted by Crippen LogP contribution is -2.06. The monoisotopic (exact) mass is 218 g/mol. The summed E-state index contributed by atoms with van der Waals surface area (Å²) in [6, 6.07) is 0. The molecule has 82 valence electrons. The molecule has 0 bridgehead atoms. The fraction of sp³-hybridized carbons (Fsp3) is 0.200. The first-order chi connectivity index (χ1) is 7.59. The summed E-state index contributed by atoms with van der Waals surface area (Å²) in [5.74, 6) is -0.689. The van der Waals surface area contributed by atoms with Crippen LogP contribution in [-0.2, 0) is 7.05 Å². The zero-order valence-electron chi connectivity index (χ0n) is 8.88. The summed E-state index contributed by atoms with van der Waals surface area (Å²) in [6.07, 6.45) is 4.70. The minimum Gasteiger partial charge on any atom is -0.477 e. The van der Waals surface area contributed by atoms with Crippen LogP contribution in [0.5, 0.6) is 0 Å². The molecule has 2 heterocycles. The Bertz CT molecular complexity index is 548. The van der Waals surface area contributed by atoms with Crippen molar-refractivity contribution in [2.24, 2.45) is 7.05 Å². The summed E-state index contributed by atoms with van der Waals surface area (Å²) < 4.78 is 1.73. The number of aromatic nitrogens is 4. The smallest absolute Gasteiger partial charge is 0.354 e. The van der Waals surface area contributed by atoms with Crippen molar-refractivity contribution in [2.45, 2.75) is 6.92 Å². The molecule has 1 N–H and O–H groups in total. The summed E-state index contributed by atoms with van der Waals surface area (Å²) in [7, 11) is 1.80. The lowest BCUT2D eigenvalue weighted by Gasteiger charge is -2.03. The van der Waals surface area contributed by atoms with Gasteiger partial charge < -0.3 is 9.67 Å². The Balaban J connectivity index is 2.56. The molecule has 0 unspecified atom stereocenters. The van der Waals surface area contributed by atoms with Crippen LogP contribution in [0.3, 0.4) is 0 Å². The van der Waals surface area contributed by atoms with Gasteiger partial charge in [0, 0.05) is 18.8 Å². The fourth-order valence-electron chi connectivity index (χ4n) is 1.35. The molecule has 0 aliphatic heterocycles. The summed E-state index contributed by atoms with van der Waals surface area (Å²) in [5, 5.41) is 8.94. The first kappa shape index (κ1) is 10.3. The van der Waals surface area contributed by atoms with Crippen LogP contribution in [0.1, 0.15) is 16.1 Å². The minimum absolute atomic E-state index is 0.0196. The molecule has 0 atom stereocenters. The zero-order chi connectivity index (χ0) is 11.7. The Kier molecular flexibility index (Phi) is 2.40. The molecule has 0 fully saturated rings. The van der Waals surface area contributed by atoms with Gasteiger partial charge in [-0.15, -0.1) is 0 Å². The number of carbonyl (C=O) groups is 1. The Morgan fingerprint density at radius 1 is 1.44 bits per heavy atom. The molecule has 0 spiro atoms. The highest BCUT2D eigenvalue weighted by atomic mass is 16.4. The number of carboxylic acids is 1. The van der Waals surface area contributed by atoms with Crippen LogP contribution in [-0.4, -0.2) is 30.6 Å². The molecule has 0 aliphatic carbocycles. The first-order valence-corrected chi connectivity index (χ1v) is 4.63. The average molecular weight is 218 g/mol. The van der Waals surface area contributed by atoms with Gasteiger partial charge in [0.25, 0.3) is 0 Å². The van der Waals surface area contributed by atoms with Crippen LogP contribution in [0.4, 0.5) is 0 Å². The van der Waals surface area contributed by atoms with Crippen LogP contribution >= 0.6 is 0 Å². The lowest BCUT2D eigenvalue weighted by atomic mass is 10.2. The second-order valence-corrected chi connectivity index (χ2v) is 3.42. The molecular formula is C10H10N4O2. The number of imidazole rings is 1. The number of rotatable bonds is 2. The SMILES string of the molecule is Cc1cnc(-c2cncn2C)nc1C(=O)O. The van der Waals surface area contributed by atoms with Gasteiger partial charge in [-0.1, -0.05) is 0 Å². The molecule has 0 aromatic carbocycles. The summed E-state index contributed by atoms with van der Waals surface area (Å²) >= 11 is 0. The molecule has 0 saturated carbocycles. The van der Waals surface area contributed by atoms with Gasteiger partial charge in [-0.25, -0.2) is 19.7 Å². The Morgan fingerprint density at radius 3 is 2.75 bits per heavy atom. The number of aromatic carboxylic acids is 1. The molecule has 6 heteroatoms. The molecule has 0 saturated heterocycles. The predicted molar refractivity (Wildman–Crippen MR) is 55.9 cm³/mol. The van der Waals surface area contributed by atoms with Crippen molar-refractivity contribution in [3.63, 3.8) is 0 Å². The predicted octanol–water partition coefficient (Wildman–Crippen LogP) is 0.884. The van der Waals surface area contributed by atoms with Crippen LogP contribution in [0.15, 0.2) is 18.7 Å². The van der Waals surface area contributed by atoms with Crippen LogP contribution in [0, 0.1) is 6.92 Å². The van der Waals surface area contributed by atoms with Gasteiger partial charge in [0.1, 0.15) is 5.69 Å². The van der Waals surface area contributed by atoms with Gasteiger partial charge in [-0.3, -0.25) is 0 Å². The number of aryl methyl sites for hydroxylation is 2. The van der Waals surface area contributed by atoms with Crippen LogP contribution in [0.25, 0.3) is 11.5 Å². The number of hydrogen-bond donors (Lipinski definition) is 1. The van der Waals surface area contributed by atoms with E-state index in [-0.39, 0.29) is 5.69 Å². The van der Waals surface area contributed by atoms with Gasteiger partial charge in [0.05, 0.1) is 12.5 Å². The number of hydrogen-bond acceptors (Lipinski definition) is 4. The standard InChI is InChI=1S/C10H10N4O2/c1-6-3-12-9(13-8(6)10(15)16)7-4-11-5-14(7)2/h3-5H,1-2H3,(H,15,16). The van der Waals surface area contributed by atoms with E-state index in [4.69, 9.17) is 5.11 Å². The highest BCUT2D eigenvalue weighted by Crippen LogP contribution is 2.14. The van der Waals surface area contributed by atoms with Crippen LogP contribution < -0.4 is 0 Å². The van der Waals surface area contributed by atoms with Crippen molar-refractivity contribution < 1.29 is 9.90 Å². The molecule has 16 heavy (non-hydrogen) atoms. The molecule has 2 aromatic heterocycles. The maximum Gasteiger partial charge on any atom is 0.354 e. The van der Waals surface area contributed by atoms with E-state index in [0.717, 1.165) is 0 Å². The topological polar surface area (TPSA) is 80.9 Å². The molecule has 0 aliphatic rings. The van der Waals surface area contributed by atoms with Crippen molar-refractivity contribution >= 4 is 5.97 Å². The average Bonchev–Trinajstić information content (AvgIpc) is 2.65. The maximum absolute atomic E-state index is 10.9. The third-order valence-electron chi connectivity index (χ3n) is 2.22. The van der Waals surface area contributed by atoms with Crippen molar-refractivity contribution in [1.29, 1.82) is 0 Å². The lowest BCUT2D eigenvalue weighted by molar-refractivity contribution is 0.0689. The quantitative estimate of drug-likeness (QED) is 0.809. The van der Waals surface area contributed by atoms with Gasteiger partial charge in [0.2, 0.25) is 0 Å². The number of carboxylic acid groups (broad SMARTS) is 1. The maximum atomic E-state index is 10.9. The van der Waals surface area contributed by atoms with E-state index in [0.29, 0.717) is 17.1 Å². The fourth-order valence-corrected chi connectivity index (χ4v) is 1.35. The largest absolute Gasteiger partial charge is 0.477 e. The molecular weight excluding hydrogens is 208 g/mol. The third kappa shape index (κ3) is 1.65. The first-order valence-electron chi connectivity index (χ1n) is 4.63. The van der Waals surface area contributed by atoms with E-state index in [1.54, 1.807) is 31.1 Å². The van der Waals surface area contributed by atoms with E-state index in [2.05, 4.69) is 15.0 Å². The summed E-state index contributed by atoms with van der Waals surface area (Å²) in [5.41, 5.74) is 1.24. The number of nitrogens with zero attached hydrogens (tertiary/aromatic N) is 4. The van der Waals surface area contributed by atoms with E-state index >= 15 is 0 Å². The highest BCUT2D eigenvalue weighted by molar-refractivity contribution is 5.87. The highest BCUT2D eigenvalue weighted by Gasteiger charge is 2.13. The van der Waals surface area contributed by atoms with E-state index in [1.807, 2.05) is 0 Å². The molecule has 2 rings (SSSR count). The summed E-state index contributed by atoms with van der Waals surface area (Å²) in [4.78, 5) is 22.9. The van der Waals surface area contributed by atoms with Crippen LogP contribution in [0.2, 0.25) is 0 Å². The molecule has 6 nitrogen and oxygen atoms in total. The second-order valence-electron chi connectivity index (χ2n) is 3.42. The van der Waals surface area contributed by atoms with Gasteiger partial charge in [-0.05, 0) is 6.92 Å². The summed E-state index contributed by atoms with van der Waals surface area (Å²) in [6.45, 7) is 1.66. The van der Waals surface area contributed by atoms with Gasteiger partial charge >= 0.3 is 5.97 Å². The Morgan fingerprint density at radius 2 is 2.19 bits per heavy atom. The van der Waals surface area contributed by atoms with Crippen molar-refractivity contribution in [3.05, 3.63) is 30.0 Å². The Hall–Kier alpha value is -2.24.